The lowest BCUT2D eigenvalue weighted by Crippen LogP contribution is -2.46. The molecule has 0 radical (unpaired) electrons. The van der Waals surface area contributed by atoms with Crippen LogP contribution in [-0.4, -0.2) is 34.3 Å². The molecule has 1 heterocycles. The predicted octanol–water partition coefficient (Wildman–Crippen LogP) is 0.776. The largest absolute Gasteiger partial charge is 0.352 e. The molecule has 1 rings (SSSR count). The number of rotatable bonds is 7. The van der Waals surface area contributed by atoms with Crippen LogP contribution < -0.4 is 10.6 Å². The van der Waals surface area contributed by atoms with Gasteiger partial charge in [0.05, 0.1) is 12.6 Å². The Morgan fingerprint density at radius 3 is 2.82 bits per heavy atom. The minimum Gasteiger partial charge on any atom is -0.352 e. The molecule has 0 aliphatic rings. The van der Waals surface area contributed by atoms with E-state index in [0.717, 1.165) is 19.5 Å². The van der Waals surface area contributed by atoms with E-state index in [9.17, 15) is 4.79 Å². The first-order valence-electron chi connectivity index (χ1n) is 6.14. The van der Waals surface area contributed by atoms with E-state index in [2.05, 4.69) is 22.7 Å². The van der Waals surface area contributed by atoms with E-state index < -0.39 is 0 Å². The summed E-state index contributed by atoms with van der Waals surface area (Å²) in [6.45, 7) is 7.45. The first-order chi connectivity index (χ1) is 8.13. The van der Waals surface area contributed by atoms with Crippen molar-refractivity contribution in [3.8, 4) is 0 Å². The number of aromatic nitrogens is 2. The van der Waals surface area contributed by atoms with Crippen LogP contribution in [-0.2, 0) is 11.3 Å². The summed E-state index contributed by atoms with van der Waals surface area (Å²) in [6.07, 6.45) is 4.61. The lowest BCUT2D eigenvalue weighted by molar-refractivity contribution is -0.123. The fraction of sp³-hybridized carbons (Fsp3) is 0.667. The highest BCUT2D eigenvalue weighted by Gasteiger charge is 2.13. The van der Waals surface area contributed by atoms with Gasteiger partial charge in [0.2, 0.25) is 5.91 Å². The lowest BCUT2D eigenvalue weighted by Gasteiger charge is -2.17. The van der Waals surface area contributed by atoms with Gasteiger partial charge in [0, 0.05) is 25.0 Å². The molecule has 0 unspecified atom stereocenters. The number of nitrogens with zero attached hydrogens (tertiary/aromatic N) is 2. The van der Waals surface area contributed by atoms with Crippen molar-refractivity contribution in [2.75, 3.05) is 6.54 Å². The highest BCUT2D eigenvalue weighted by atomic mass is 16.2. The fourth-order valence-electron chi connectivity index (χ4n) is 1.39. The molecule has 1 amide bonds. The van der Waals surface area contributed by atoms with E-state index in [-0.39, 0.29) is 18.0 Å². The molecule has 0 bridgehead atoms. The lowest BCUT2D eigenvalue weighted by atomic mass is 10.2. The third kappa shape index (κ3) is 4.99. The summed E-state index contributed by atoms with van der Waals surface area (Å²) in [5, 5.41) is 10.2. The Balaban J connectivity index is 2.20. The number of nitrogens with one attached hydrogen (secondary N) is 2. The zero-order chi connectivity index (χ0) is 12.7. The number of carbonyl (C=O) groups is 1. The maximum Gasteiger partial charge on any atom is 0.237 e. The Bertz CT molecular complexity index is 323. The maximum absolute atomic E-state index is 11.7. The molecule has 17 heavy (non-hydrogen) atoms. The van der Waals surface area contributed by atoms with Gasteiger partial charge >= 0.3 is 0 Å². The van der Waals surface area contributed by atoms with Crippen molar-refractivity contribution in [2.24, 2.45) is 0 Å². The van der Waals surface area contributed by atoms with Gasteiger partial charge in [-0.05, 0) is 26.3 Å². The molecule has 1 aromatic rings. The topological polar surface area (TPSA) is 59.0 Å². The Kier molecular flexibility index (Phi) is 5.69. The van der Waals surface area contributed by atoms with Crippen molar-refractivity contribution >= 4 is 5.91 Å². The molecule has 96 valence electrons. The molecular formula is C12H22N4O. The molecule has 5 nitrogen and oxygen atoms in total. The fourth-order valence-corrected chi connectivity index (χ4v) is 1.39. The zero-order valence-corrected chi connectivity index (χ0v) is 10.8. The van der Waals surface area contributed by atoms with Gasteiger partial charge in [-0.3, -0.25) is 9.48 Å². The summed E-state index contributed by atoms with van der Waals surface area (Å²) in [5.41, 5.74) is 0. The van der Waals surface area contributed by atoms with Crippen molar-refractivity contribution in [1.82, 2.24) is 20.4 Å². The SMILES string of the molecule is CC[C@@H](C)NC(=O)[C@@H](C)NCCn1cccn1. The van der Waals surface area contributed by atoms with E-state index in [4.69, 9.17) is 0 Å². The van der Waals surface area contributed by atoms with Crippen LogP contribution in [0, 0.1) is 0 Å². The summed E-state index contributed by atoms with van der Waals surface area (Å²) >= 11 is 0. The van der Waals surface area contributed by atoms with Crippen molar-refractivity contribution in [1.29, 1.82) is 0 Å². The van der Waals surface area contributed by atoms with Crippen molar-refractivity contribution < 1.29 is 4.79 Å². The van der Waals surface area contributed by atoms with E-state index in [1.54, 1.807) is 6.20 Å². The van der Waals surface area contributed by atoms with Crippen molar-refractivity contribution in [3.05, 3.63) is 18.5 Å². The third-order valence-electron chi connectivity index (χ3n) is 2.74. The predicted molar refractivity (Wildman–Crippen MR) is 67.6 cm³/mol. The molecule has 0 aliphatic carbocycles. The molecule has 2 atom stereocenters. The van der Waals surface area contributed by atoms with Gasteiger partial charge < -0.3 is 10.6 Å². The minimum absolute atomic E-state index is 0.0554. The summed E-state index contributed by atoms with van der Waals surface area (Å²) in [4.78, 5) is 11.7. The highest BCUT2D eigenvalue weighted by Crippen LogP contribution is 1.91. The van der Waals surface area contributed by atoms with Crippen LogP contribution in [0.2, 0.25) is 0 Å². The van der Waals surface area contributed by atoms with Gasteiger partial charge in [0.25, 0.3) is 0 Å². The second kappa shape index (κ2) is 7.06. The number of carbonyl (C=O) groups excluding carboxylic acids is 1. The van der Waals surface area contributed by atoms with Crippen LogP contribution >= 0.6 is 0 Å². The first-order valence-corrected chi connectivity index (χ1v) is 6.14. The van der Waals surface area contributed by atoms with E-state index in [0.29, 0.717) is 0 Å². The molecule has 0 fully saturated rings. The van der Waals surface area contributed by atoms with Crippen LogP contribution in [0.15, 0.2) is 18.5 Å². The number of amides is 1. The van der Waals surface area contributed by atoms with Crippen molar-refractivity contribution in [3.63, 3.8) is 0 Å². The molecule has 0 spiro atoms. The second-order valence-corrected chi connectivity index (χ2v) is 4.26. The molecule has 1 aromatic heterocycles. The van der Waals surface area contributed by atoms with Gasteiger partial charge in [-0.25, -0.2) is 0 Å². The number of hydrogen-bond acceptors (Lipinski definition) is 3. The standard InChI is InChI=1S/C12H22N4O/c1-4-10(2)15-12(17)11(3)13-7-9-16-8-5-6-14-16/h5-6,8,10-11,13H,4,7,9H2,1-3H3,(H,15,17)/t10-,11-/m1/s1. The average molecular weight is 238 g/mol. The van der Waals surface area contributed by atoms with E-state index in [1.807, 2.05) is 30.8 Å². The van der Waals surface area contributed by atoms with Crippen LogP contribution in [0.25, 0.3) is 0 Å². The summed E-state index contributed by atoms with van der Waals surface area (Å²) in [7, 11) is 0. The normalized spacial score (nSPS) is 14.3. The number of hydrogen-bond donors (Lipinski definition) is 2. The molecule has 0 saturated carbocycles. The third-order valence-corrected chi connectivity index (χ3v) is 2.74. The monoisotopic (exact) mass is 238 g/mol. The van der Waals surface area contributed by atoms with E-state index in [1.165, 1.54) is 0 Å². The van der Waals surface area contributed by atoms with Crippen LogP contribution in [0.3, 0.4) is 0 Å². The summed E-state index contributed by atoms with van der Waals surface area (Å²) in [5.74, 6) is 0.0554. The maximum atomic E-state index is 11.7. The average Bonchev–Trinajstić information content (AvgIpc) is 2.81. The Labute approximate surface area is 103 Å². The minimum atomic E-state index is -0.167. The van der Waals surface area contributed by atoms with Gasteiger partial charge in [-0.2, -0.15) is 5.10 Å². The first kappa shape index (κ1) is 13.7. The Hall–Kier alpha value is -1.36. The van der Waals surface area contributed by atoms with Crippen molar-refractivity contribution in [2.45, 2.75) is 45.8 Å². The van der Waals surface area contributed by atoms with Gasteiger partial charge in [-0.15, -0.1) is 0 Å². The summed E-state index contributed by atoms with van der Waals surface area (Å²) in [6, 6.07) is 1.96. The molecule has 2 N–H and O–H groups in total. The van der Waals surface area contributed by atoms with Crippen LogP contribution in [0.1, 0.15) is 27.2 Å². The molecule has 0 aromatic carbocycles. The van der Waals surface area contributed by atoms with E-state index >= 15 is 0 Å². The van der Waals surface area contributed by atoms with Gasteiger partial charge in [0.1, 0.15) is 0 Å². The zero-order valence-electron chi connectivity index (χ0n) is 10.8. The Morgan fingerprint density at radius 1 is 1.47 bits per heavy atom. The second-order valence-electron chi connectivity index (χ2n) is 4.26. The quantitative estimate of drug-likeness (QED) is 0.738. The molecule has 5 heteroatoms. The van der Waals surface area contributed by atoms with Gasteiger partial charge in [0.15, 0.2) is 0 Å². The van der Waals surface area contributed by atoms with Crippen LogP contribution in [0.5, 0.6) is 0 Å². The Morgan fingerprint density at radius 2 is 2.24 bits per heavy atom. The highest BCUT2D eigenvalue weighted by molar-refractivity contribution is 5.81. The van der Waals surface area contributed by atoms with Gasteiger partial charge in [-0.1, -0.05) is 6.92 Å². The van der Waals surface area contributed by atoms with Crippen LogP contribution in [0.4, 0.5) is 0 Å². The smallest absolute Gasteiger partial charge is 0.237 e. The molecule has 0 aliphatic heterocycles. The summed E-state index contributed by atoms with van der Waals surface area (Å²) < 4.78 is 1.84. The molecular weight excluding hydrogens is 216 g/mol. The molecule has 0 saturated heterocycles.